The number of aliphatic hydroxyl groups excluding tert-OH is 1. The molecule has 0 bridgehead atoms. The highest BCUT2D eigenvalue weighted by Crippen LogP contribution is 2.13. The Hall–Kier alpha value is -1.40. The van der Waals surface area contributed by atoms with Crippen LogP contribution in [0.25, 0.3) is 0 Å². The van der Waals surface area contributed by atoms with E-state index in [0.717, 1.165) is 0 Å². The van der Waals surface area contributed by atoms with E-state index in [4.69, 9.17) is 5.11 Å². The zero-order valence-electron chi connectivity index (χ0n) is 12.1. The number of hydrogen-bond donors (Lipinski definition) is 3. The number of aliphatic hydroxyl groups is 1. The summed E-state index contributed by atoms with van der Waals surface area (Å²) in [5, 5.41) is 14.5. The van der Waals surface area contributed by atoms with Gasteiger partial charge in [-0.05, 0) is 30.5 Å². The van der Waals surface area contributed by atoms with Gasteiger partial charge >= 0.3 is 6.03 Å². The summed E-state index contributed by atoms with van der Waals surface area (Å²) in [7, 11) is -1.08. The molecule has 2 atom stereocenters. The Labute approximate surface area is 122 Å². The number of rotatable bonds is 6. The average molecular weight is 298 g/mol. The van der Waals surface area contributed by atoms with Crippen LogP contribution in [0.3, 0.4) is 0 Å². The summed E-state index contributed by atoms with van der Waals surface area (Å²) in [5.74, 6) is 0.238. The molecule has 0 heterocycles. The first-order chi connectivity index (χ1) is 9.43. The molecular weight excluding hydrogens is 276 g/mol. The smallest absolute Gasteiger partial charge is 0.319 e. The van der Waals surface area contributed by atoms with Crippen molar-refractivity contribution in [3.8, 4) is 0 Å². The summed E-state index contributed by atoms with van der Waals surface area (Å²) in [5.41, 5.74) is 0.599. The van der Waals surface area contributed by atoms with Crippen molar-refractivity contribution in [2.75, 3.05) is 18.2 Å². The predicted octanol–water partition coefficient (Wildman–Crippen LogP) is 1.95. The maximum absolute atomic E-state index is 11.9. The largest absolute Gasteiger partial charge is 0.396 e. The van der Waals surface area contributed by atoms with E-state index in [1.807, 2.05) is 13.8 Å². The van der Waals surface area contributed by atoms with Gasteiger partial charge in [0.1, 0.15) is 0 Å². The van der Waals surface area contributed by atoms with E-state index in [-0.39, 0.29) is 24.6 Å². The Balaban J connectivity index is 2.65. The third kappa shape index (κ3) is 5.30. The molecule has 2 amide bonds. The van der Waals surface area contributed by atoms with E-state index in [2.05, 4.69) is 10.6 Å². The summed E-state index contributed by atoms with van der Waals surface area (Å²) in [4.78, 5) is 12.6. The molecule has 6 heteroatoms. The van der Waals surface area contributed by atoms with Crippen LogP contribution in [-0.4, -0.2) is 34.3 Å². The molecule has 0 aliphatic carbocycles. The number of carbonyl (C=O) groups excluding carboxylic acids is 1. The van der Waals surface area contributed by atoms with Gasteiger partial charge in [0.05, 0.1) is 0 Å². The lowest BCUT2D eigenvalue weighted by molar-refractivity contribution is 0.227. The number of carbonyl (C=O) groups is 1. The minimum atomic E-state index is -1.08. The van der Waals surface area contributed by atoms with E-state index >= 15 is 0 Å². The number of hydrogen-bond acceptors (Lipinski definition) is 3. The summed E-state index contributed by atoms with van der Waals surface area (Å²) in [6, 6.07) is 6.53. The molecular formula is C14H22N2O3S. The van der Waals surface area contributed by atoms with Crippen molar-refractivity contribution in [3.05, 3.63) is 24.3 Å². The molecule has 20 heavy (non-hydrogen) atoms. The minimum absolute atomic E-state index is 0.0351. The lowest BCUT2D eigenvalue weighted by Crippen LogP contribution is -2.41. The van der Waals surface area contributed by atoms with Gasteiger partial charge in [-0.2, -0.15) is 0 Å². The molecule has 112 valence electrons. The molecule has 0 radical (unpaired) electrons. The zero-order chi connectivity index (χ0) is 15.1. The fourth-order valence-electron chi connectivity index (χ4n) is 1.80. The van der Waals surface area contributed by atoms with Crippen LogP contribution in [0.2, 0.25) is 0 Å². The fraction of sp³-hybridized carbons (Fsp3) is 0.500. The van der Waals surface area contributed by atoms with Gasteiger partial charge in [0.15, 0.2) is 0 Å². The lowest BCUT2D eigenvalue weighted by Gasteiger charge is -2.21. The van der Waals surface area contributed by atoms with Gasteiger partial charge in [-0.3, -0.25) is 4.21 Å². The van der Waals surface area contributed by atoms with Crippen LogP contribution in [0, 0.1) is 5.92 Å². The van der Waals surface area contributed by atoms with Crippen molar-refractivity contribution in [2.45, 2.75) is 31.2 Å². The third-order valence-electron chi connectivity index (χ3n) is 2.99. The Morgan fingerprint density at radius 2 is 2.10 bits per heavy atom. The van der Waals surface area contributed by atoms with Crippen LogP contribution in [0.4, 0.5) is 10.5 Å². The van der Waals surface area contributed by atoms with Gasteiger partial charge in [0.2, 0.25) is 0 Å². The molecule has 0 saturated carbocycles. The Bertz CT molecular complexity index is 477. The summed E-state index contributed by atoms with van der Waals surface area (Å²) >= 11 is 0. The van der Waals surface area contributed by atoms with Crippen LogP contribution >= 0.6 is 0 Å². The maximum atomic E-state index is 11.9. The van der Waals surface area contributed by atoms with Crippen LogP contribution in [-0.2, 0) is 10.8 Å². The molecule has 3 N–H and O–H groups in total. The van der Waals surface area contributed by atoms with Crippen molar-refractivity contribution in [2.24, 2.45) is 5.92 Å². The molecule has 1 rings (SSSR count). The Kier molecular flexibility index (Phi) is 6.67. The summed E-state index contributed by atoms with van der Waals surface area (Å²) < 4.78 is 11.4. The Morgan fingerprint density at radius 1 is 1.40 bits per heavy atom. The zero-order valence-corrected chi connectivity index (χ0v) is 12.9. The second-order valence-corrected chi connectivity index (χ2v) is 6.32. The van der Waals surface area contributed by atoms with Gasteiger partial charge < -0.3 is 15.7 Å². The maximum Gasteiger partial charge on any atom is 0.319 e. The second kappa shape index (κ2) is 8.01. The first-order valence-corrected chi connectivity index (χ1v) is 8.11. The van der Waals surface area contributed by atoms with Gasteiger partial charge in [-0.15, -0.1) is 0 Å². The molecule has 0 aromatic heterocycles. The monoisotopic (exact) mass is 298 g/mol. The van der Waals surface area contributed by atoms with Crippen molar-refractivity contribution >= 4 is 22.5 Å². The number of nitrogens with one attached hydrogen (secondary N) is 2. The highest BCUT2D eigenvalue weighted by atomic mass is 32.2. The van der Waals surface area contributed by atoms with Crippen molar-refractivity contribution in [1.29, 1.82) is 0 Å². The quantitative estimate of drug-likeness (QED) is 0.751. The highest BCUT2D eigenvalue weighted by Gasteiger charge is 2.15. The van der Waals surface area contributed by atoms with Gasteiger partial charge in [-0.25, -0.2) is 4.79 Å². The predicted molar refractivity (Wildman–Crippen MR) is 81.3 cm³/mol. The third-order valence-corrected chi connectivity index (χ3v) is 3.90. The highest BCUT2D eigenvalue weighted by molar-refractivity contribution is 7.84. The van der Waals surface area contributed by atoms with Gasteiger partial charge in [0, 0.05) is 40.3 Å². The van der Waals surface area contributed by atoms with Crippen LogP contribution in [0.15, 0.2) is 29.2 Å². The number of amides is 2. The lowest BCUT2D eigenvalue weighted by atomic mass is 10.0. The molecule has 0 aliphatic rings. The standard InChI is InChI=1S/C14H22N2O3S/c1-10(2)13(7-8-17)16-14(18)15-11-5-4-6-12(9-11)20(3)19/h4-6,9-10,13,17H,7-8H2,1-3H3,(H2,15,16,18). The second-order valence-electron chi connectivity index (χ2n) is 4.94. The molecule has 0 saturated heterocycles. The van der Waals surface area contributed by atoms with E-state index in [1.165, 1.54) is 0 Å². The summed E-state index contributed by atoms with van der Waals surface area (Å²) in [6.45, 7) is 4.01. The molecule has 0 spiro atoms. The van der Waals surface area contributed by atoms with E-state index in [9.17, 15) is 9.00 Å². The van der Waals surface area contributed by atoms with Crippen molar-refractivity contribution in [1.82, 2.24) is 5.32 Å². The van der Waals surface area contributed by atoms with Crippen molar-refractivity contribution < 1.29 is 14.1 Å². The van der Waals surface area contributed by atoms with Gasteiger partial charge in [-0.1, -0.05) is 19.9 Å². The van der Waals surface area contributed by atoms with Crippen molar-refractivity contribution in [3.63, 3.8) is 0 Å². The number of anilines is 1. The average Bonchev–Trinajstić information content (AvgIpc) is 2.38. The van der Waals surface area contributed by atoms with E-state index in [1.54, 1.807) is 30.5 Å². The molecule has 0 aliphatic heterocycles. The number of benzene rings is 1. The normalized spacial score (nSPS) is 13.8. The van der Waals surface area contributed by atoms with Crippen LogP contribution in [0.5, 0.6) is 0 Å². The molecule has 1 aromatic carbocycles. The Morgan fingerprint density at radius 3 is 2.65 bits per heavy atom. The topological polar surface area (TPSA) is 78.4 Å². The van der Waals surface area contributed by atoms with Gasteiger partial charge in [0.25, 0.3) is 0 Å². The SMILES string of the molecule is CC(C)C(CCO)NC(=O)Nc1cccc(S(C)=O)c1. The molecule has 0 fully saturated rings. The van der Waals surface area contributed by atoms with Crippen LogP contribution < -0.4 is 10.6 Å². The number of urea groups is 1. The molecule has 5 nitrogen and oxygen atoms in total. The van der Waals surface area contributed by atoms with Crippen LogP contribution in [0.1, 0.15) is 20.3 Å². The minimum Gasteiger partial charge on any atom is -0.396 e. The molecule has 2 unspecified atom stereocenters. The van der Waals surface area contributed by atoms with E-state index < -0.39 is 10.8 Å². The first kappa shape index (κ1) is 16.7. The fourth-order valence-corrected chi connectivity index (χ4v) is 2.36. The first-order valence-electron chi connectivity index (χ1n) is 6.56. The molecule has 1 aromatic rings. The summed E-state index contributed by atoms with van der Waals surface area (Å²) in [6.07, 6.45) is 2.11. The van der Waals surface area contributed by atoms with E-state index in [0.29, 0.717) is 17.0 Å².